The van der Waals surface area contributed by atoms with Gasteiger partial charge in [-0.15, -0.1) is 0 Å². The minimum absolute atomic E-state index is 0.0902. The quantitative estimate of drug-likeness (QED) is 0.794. The van der Waals surface area contributed by atoms with Crippen LogP contribution in [0, 0.1) is 0 Å². The molecule has 2 N–H and O–H groups in total. The lowest BCUT2D eigenvalue weighted by Crippen LogP contribution is -2.46. The topological polar surface area (TPSA) is 41.5 Å². The van der Waals surface area contributed by atoms with E-state index in [-0.39, 0.29) is 6.10 Å². The van der Waals surface area contributed by atoms with Gasteiger partial charge in [0.25, 0.3) is 0 Å². The van der Waals surface area contributed by atoms with E-state index in [0.29, 0.717) is 12.1 Å². The third kappa shape index (κ3) is 1.81. The highest BCUT2D eigenvalue weighted by Crippen LogP contribution is 2.33. The van der Waals surface area contributed by atoms with Gasteiger partial charge in [-0.1, -0.05) is 18.2 Å². The smallest absolute Gasteiger partial charge is 0.124 e. The van der Waals surface area contributed by atoms with Gasteiger partial charge < -0.3 is 15.2 Å². The molecule has 0 amide bonds. The summed E-state index contributed by atoms with van der Waals surface area (Å²) in [6.07, 6.45) is 2.70. The Morgan fingerprint density at radius 2 is 2.06 bits per heavy atom. The number of para-hydroxylation sites is 1. The second kappa shape index (κ2) is 4.07. The molecule has 0 spiro atoms. The van der Waals surface area contributed by atoms with Crippen molar-refractivity contribution in [3.8, 4) is 5.75 Å². The van der Waals surface area contributed by atoms with Crippen molar-refractivity contribution in [1.82, 2.24) is 5.32 Å². The third-order valence-corrected chi connectivity index (χ3v) is 3.51. The van der Waals surface area contributed by atoms with Gasteiger partial charge in [0.15, 0.2) is 0 Å². The summed E-state index contributed by atoms with van der Waals surface area (Å²) in [4.78, 5) is 0. The van der Waals surface area contributed by atoms with Gasteiger partial charge in [-0.25, -0.2) is 0 Å². The van der Waals surface area contributed by atoms with E-state index < -0.39 is 0 Å². The molecule has 1 aromatic carbocycles. The van der Waals surface area contributed by atoms with Crippen molar-refractivity contribution < 1.29 is 9.84 Å². The van der Waals surface area contributed by atoms with Gasteiger partial charge in [-0.2, -0.15) is 0 Å². The van der Waals surface area contributed by atoms with Crippen LogP contribution in [-0.4, -0.2) is 23.9 Å². The minimum Gasteiger partial charge on any atom is -0.493 e. The molecule has 1 aliphatic carbocycles. The van der Waals surface area contributed by atoms with Gasteiger partial charge in [0.2, 0.25) is 0 Å². The Balaban J connectivity index is 1.72. The first-order chi connectivity index (χ1) is 7.83. The molecular formula is C13H17NO2. The molecule has 1 saturated carbocycles. The van der Waals surface area contributed by atoms with Gasteiger partial charge in [-0.3, -0.25) is 0 Å². The van der Waals surface area contributed by atoms with Crippen LogP contribution >= 0.6 is 0 Å². The molecule has 1 aliphatic heterocycles. The predicted molar refractivity (Wildman–Crippen MR) is 61.5 cm³/mol. The maximum absolute atomic E-state index is 9.28. The average Bonchev–Trinajstić information content (AvgIpc) is 2.27. The first-order valence-electron chi connectivity index (χ1n) is 5.99. The summed E-state index contributed by atoms with van der Waals surface area (Å²) >= 11 is 0. The molecule has 1 unspecified atom stereocenters. The lowest BCUT2D eigenvalue weighted by atomic mass is 9.87. The number of fused-ring (bicyclic) bond motifs is 1. The average molecular weight is 219 g/mol. The minimum atomic E-state index is -0.0902. The zero-order valence-electron chi connectivity index (χ0n) is 9.23. The summed E-state index contributed by atoms with van der Waals surface area (Å²) in [5.41, 5.74) is 1.26. The number of aliphatic hydroxyl groups is 1. The second-order valence-electron chi connectivity index (χ2n) is 4.72. The molecule has 1 atom stereocenters. The number of nitrogens with one attached hydrogen (secondary N) is 1. The largest absolute Gasteiger partial charge is 0.493 e. The fourth-order valence-corrected chi connectivity index (χ4v) is 2.52. The zero-order valence-corrected chi connectivity index (χ0v) is 9.23. The SMILES string of the molecule is OC1CC(NC2CCOc3ccccc32)C1. The van der Waals surface area contributed by atoms with E-state index in [1.807, 2.05) is 12.1 Å². The van der Waals surface area contributed by atoms with Crippen LogP contribution in [0.4, 0.5) is 0 Å². The molecule has 3 rings (SSSR count). The van der Waals surface area contributed by atoms with Crippen molar-refractivity contribution >= 4 is 0 Å². The molecule has 2 aliphatic rings. The zero-order chi connectivity index (χ0) is 11.0. The number of ether oxygens (including phenoxy) is 1. The second-order valence-corrected chi connectivity index (χ2v) is 4.72. The Bertz CT molecular complexity index is 374. The summed E-state index contributed by atoms with van der Waals surface area (Å²) in [5, 5.41) is 12.9. The van der Waals surface area contributed by atoms with E-state index in [4.69, 9.17) is 4.74 Å². The molecule has 3 nitrogen and oxygen atoms in total. The van der Waals surface area contributed by atoms with E-state index >= 15 is 0 Å². The first kappa shape index (κ1) is 10.1. The molecule has 1 aromatic rings. The lowest BCUT2D eigenvalue weighted by Gasteiger charge is -2.37. The Morgan fingerprint density at radius 1 is 1.25 bits per heavy atom. The van der Waals surface area contributed by atoms with Crippen LogP contribution in [0.3, 0.4) is 0 Å². The first-order valence-corrected chi connectivity index (χ1v) is 5.99. The van der Waals surface area contributed by atoms with Crippen LogP contribution in [0.5, 0.6) is 5.75 Å². The standard InChI is InChI=1S/C13H17NO2/c15-10-7-9(8-10)14-12-5-6-16-13-4-2-1-3-11(12)13/h1-4,9-10,12,14-15H,5-8H2. The third-order valence-electron chi connectivity index (χ3n) is 3.51. The fourth-order valence-electron chi connectivity index (χ4n) is 2.52. The van der Waals surface area contributed by atoms with Crippen molar-refractivity contribution in [2.75, 3.05) is 6.61 Å². The van der Waals surface area contributed by atoms with Gasteiger partial charge >= 0.3 is 0 Å². The molecular weight excluding hydrogens is 202 g/mol. The fraction of sp³-hybridized carbons (Fsp3) is 0.538. The summed E-state index contributed by atoms with van der Waals surface area (Å²) < 4.78 is 5.62. The van der Waals surface area contributed by atoms with Gasteiger partial charge in [-0.05, 0) is 18.9 Å². The molecule has 16 heavy (non-hydrogen) atoms. The maximum atomic E-state index is 9.28. The number of rotatable bonds is 2. The Hall–Kier alpha value is -1.06. The number of benzene rings is 1. The van der Waals surface area contributed by atoms with Crippen molar-refractivity contribution in [3.63, 3.8) is 0 Å². The molecule has 0 bridgehead atoms. The monoisotopic (exact) mass is 219 g/mol. The summed E-state index contributed by atoms with van der Waals surface area (Å²) in [6, 6.07) is 9.08. The van der Waals surface area contributed by atoms with E-state index in [1.165, 1.54) is 5.56 Å². The van der Waals surface area contributed by atoms with Crippen LogP contribution in [0.25, 0.3) is 0 Å². The van der Waals surface area contributed by atoms with Crippen molar-refractivity contribution in [2.45, 2.75) is 37.5 Å². The highest BCUT2D eigenvalue weighted by molar-refractivity contribution is 5.37. The molecule has 86 valence electrons. The molecule has 0 radical (unpaired) electrons. The van der Waals surface area contributed by atoms with E-state index in [1.54, 1.807) is 0 Å². The Labute approximate surface area is 95.4 Å². The molecule has 3 heteroatoms. The van der Waals surface area contributed by atoms with Crippen LogP contribution < -0.4 is 10.1 Å². The van der Waals surface area contributed by atoms with Gasteiger partial charge in [0.1, 0.15) is 5.75 Å². The Morgan fingerprint density at radius 3 is 2.88 bits per heavy atom. The van der Waals surface area contributed by atoms with Crippen LogP contribution in [0.1, 0.15) is 30.9 Å². The molecule has 1 fully saturated rings. The number of hydrogen-bond acceptors (Lipinski definition) is 3. The van der Waals surface area contributed by atoms with Crippen LogP contribution in [0.2, 0.25) is 0 Å². The Kier molecular flexibility index (Phi) is 2.58. The summed E-state index contributed by atoms with van der Waals surface area (Å²) in [7, 11) is 0. The van der Waals surface area contributed by atoms with Gasteiger partial charge in [0, 0.05) is 24.1 Å². The summed E-state index contributed by atoms with van der Waals surface area (Å²) in [5.74, 6) is 1.01. The summed E-state index contributed by atoms with van der Waals surface area (Å²) in [6.45, 7) is 0.782. The highest BCUT2D eigenvalue weighted by atomic mass is 16.5. The normalized spacial score (nSPS) is 32.4. The highest BCUT2D eigenvalue weighted by Gasteiger charge is 2.31. The van der Waals surface area contributed by atoms with Gasteiger partial charge in [0.05, 0.1) is 12.7 Å². The van der Waals surface area contributed by atoms with Crippen molar-refractivity contribution in [2.24, 2.45) is 0 Å². The number of aliphatic hydroxyl groups excluding tert-OH is 1. The molecule has 0 saturated heterocycles. The predicted octanol–water partition coefficient (Wildman–Crippen LogP) is 1.62. The lowest BCUT2D eigenvalue weighted by molar-refractivity contribution is 0.0548. The van der Waals surface area contributed by atoms with Crippen LogP contribution in [-0.2, 0) is 0 Å². The maximum Gasteiger partial charge on any atom is 0.124 e. The van der Waals surface area contributed by atoms with Crippen LogP contribution in [0.15, 0.2) is 24.3 Å². The number of hydrogen-bond donors (Lipinski definition) is 2. The van der Waals surface area contributed by atoms with Crippen molar-refractivity contribution in [1.29, 1.82) is 0 Å². The van der Waals surface area contributed by atoms with E-state index in [2.05, 4.69) is 17.4 Å². The van der Waals surface area contributed by atoms with E-state index in [9.17, 15) is 5.11 Å². The van der Waals surface area contributed by atoms with E-state index in [0.717, 1.165) is 31.6 Å². The van der Waals surface area contributed by atoms with Crippen molar-refractivity contribution in [3.05, 3.63) is 29.8 Å². The molecule has 1 heterocycles. The molecule has 0 aromatic heterocycles.